The van der Waals surface area contributed by atoms with Crippen molar-refractivity contribution in [3.05, 3.63) is 0 Å². The minimum absolute atomic E-state index is 0. The molecule has 2 unspecified atom stereocenters. The first-order valence-electron chi connectivity index (χ1n) is 4.86. The quantitative estimate of drug-likeness (QED) is 0.594. The smallest absolute Gasteiger partial charge is 0.224 e. The van der Waals surface area contributed by atoms with E-state index in [-0.39, 0.29) is 36.9 Å². The molecule has 1 aliphatic carbocycles. The number of carbonyl (C=O) groups excluding carboxylic acids is 1. The Morgan fingerprint density at radius 2 is 2.14 bits per heavy atom. The fraction of sp³-hybridized carbons (Fsp3) is 0.889. The molecule has 5 heteroatoms. The first kappa shape index (κ1) is 11.8. The molecule has 0 radical (unpaired) electrons. The Balaban J connectivity index is 0.000000980. The Morgan fingerprint density at radius 1 is 1.57 bits per heavy atom. The van der Waals surface area contributed by atoms with Crippen molar-refractivity contribution >= 4 is 18.3 Å². The lowest BCUT2D eigenvalue weighted by atomic mass is 10.2. The highest BCUT2D eigenvalue weighted by atomic mass is 35.5. The van der Waals surface area contributed by atoms with E-state index >= 15 is 0 Å². The van der Waals surface area contributed by atoms with Crippen molar-refractivity contribution < 1.29 is 9.90 Å². The van der Waals surface area contributed by atoms with E-state index in [4.69, 9.17) is 5.11 Å². The molecule has 0 aromatic carbocycles. The summed E-state index contributed by atoms with van der Waals surface area (Å²) in [5.41, 5.74) is 0. The van der Waals surface area contributed by atoms with Gasteiger partial charge in [0.2, 0.25) is 5.91 Å². The van der Waals surface area contributed by atoms with E-state index in [0.29, 0.717) is 11.8 Å². The molecule has 0 aromatic heterocycles. The predicted octanol–water partition coefficient (Wildman–Crippen LogP) is -0.629. The summed E-state index contributed by atoms with van der Waals surface area (Å²) in [5.74, 6) is 1.46. The number of aliphatic hydroxyl groups is 1. The minimum atomic E-state index is -0.109. The second kappa shape index (κ2) is 4.47. The minimum Gasteiger partial charge on any atom is -0.394 e. The third kappa shape index (κ3) is 2.02. The number of halogens is 1. The monoisotopic (exact) mass is 220 g/mol. The summed E-state index contributed by atoms with van der Waals surface area (Å²) in [6.45, 7) is 3.80. The van der Waals surface area contributed by atoms with E-state index in [0.717, 1.165) is 13.1 Å². The molecule has 1 aliphatic heterocycles. The standard InChI is InChI=1S/C9H16N2O2.ClH/c1-5(4-12)11-9(13)8-6-2-10-3-7(6)8;/h5-8,10,12H,2-4H2,1H3,(H,11,13);1H/t5?,6-,7+,8?;. The lowest BCUT2D eigenvalue weighted by molar-refractivity contribution is -0.123. The second-order valence-corrected chi connectivity index (χ2v) is 4.10. The van der Waals surface area contributed by atoms with E-state index in [1.807, 2.05) is 6.92 Å². The number of fused-ring (bicyclic) bond motifs is 1. The maximum absolute atomic E-state index is 11.5. The summed E-state index contributed by atoms with van der Waals surface area (Å²) in [6, 6.07) is -0.109. The molecule has 1 heterocycles. The molecule has 14 heavy (non-hydrogen) atoms. The largest absolute Gasteiger partial charge is 0.394 e. The van der Waals surface area contributed by atoms with Crippen molar-refractivity contribution in [1.29, 1.82) is 0 Å². The van der Waals surface area contributed by atoms with Gasteiger partial charge in [0.15, 0.2) is 0 Å². The number of aliphatic hydroxyl groups excluding tert-OH is 1. The summed E-state index contributed by atoms with van der Waals surface area (Å²) < 4.78 is 0. The molecule has 82 valence electrons. The Bertz CT molecular complexity index is 215. The summed E-state index contributed by atoms with van der Waals surface area (Å²) in [6.07, 6.45) is 0. The molecule has 4 atom stereocenters. The van der Waals surface area contributed by atoms with Crippen molar-refractivity contribution in [2.45, 2.75) is 13.0 Å². The number of carbonyl (C=O) groups is 1. The molecule has 4 nitrogen and oxygen atoms in total. The Kier molecular flexibility index (Phi) is 3.75. The Hall–Kier alpha value is -0.320. The summed E-state index contributed by atoms with van der Waals surface area (Å²) >= 11 is 0. The lowest BCUT2D eigenvalue weighted by Crippen LogP contribution is -2.38. The fourth-order valence-electron chi connectivity index (χ4n) is 2.19. The summed E-state index contributed by atoms with van der Waals surface area (Å²) in [7, 11) is 0. The van der Waals surface area contributed by atoms with Gasteiger partial charge in [-0.25, -0.2) is 0 Å². The molecule has 0 spiro atoms. The SMILES string of the molecule is CC(CO)NC(=O)C1[C@H]2CNC[C@@H]12.Cl. The van der Waals surface area contributed by atoms with Crippen LogP contribution in [0.1, 0.15) is 6.92 Å². The van der Waals surface area contributed by atoms with Gasteiger partial charge in [-0.05, 0) is 31.8 Å². The van der Waals surface area contributed by atoms with Crippen LogP contribution in [0, 0.1) is 17.8 Å². The highest BCUT2D eigenvalue weighted by Crippen LogP contribution is 2.48. The van der Waals surface area contributed by atoms with E-state index < -0.39 is 0 Å². The Labute approximate surface area is 89.9 Å². The van der Waals surface area contributed by atoms with E-state index in [1.165, 1.54) is 0 Å². The van der Waals surface area contributed by atoms with Gasteiger partial charge in [-0.1, -0.05) is 0 Å². The zero-order chi connectivity index (χ0) is 9.42. The van der Waals surface area contributed by atoms with Crippen LogP contribution in [-0.4, -0.2) is 36.8 Å². The summed E-state index contributed by atoms with van der Waals surface area (Å²) in [5, 5.41) is 14.8. The molecule has 0 aromatic rings. The number of hydrogen-bond acceptors (Lipinski definition) is 3. The van der Waals surface area contributed by atoms with E-state index in [2.05, 4.69) is 10.6 Å². The van der Waals surface area contributed by atoms with Gasteiger partial charge < -0.3 is 15.7 Å². The van der Waals surface area contributed by atoms with Gasteiger partial charge in [0.25, 0.3) is 0 Å². The molecule has 1 saturated carbocycles. The molecule has 2 fully saturated rings. The number of nitrogens with one attached hydrogen (secondary N) is 2. The first-order valence-corrected chi connectivity index (χ1v) is 4.86. The average molecular weight is 221 g/mol. The highest BCUT2D eigenvalue weighted by Gasteiger charge is 2.56. The third-order valence-corrected chi connectivity index (χ3v) is 3.06. The van der Waals surface area contributed by atoms with Gasteiger partial charge in [0, 0.05) is 12.0 Å². The Morgan fingerprint density at radius 3 is 2.64 bits per heavy atom. The van der Waals surface area contributed by atoms with Crippen LogP contribution in [0.4, 0.5) is 0 Å². The van der Waals surface area contributed by atoms with Gasteiger partial charge in [0.1, 0.15) is 0 Å². The zero-order valence-corrected chi connectivity index (χ0v) is 9.01. The zero-order valence-electron chi connectivity index (χ0n) is 8.19. The first-order chi connectivity index (χ1) is 6.24. The van der Waals surface area contributed by atoms with Gasteiger partial charge >= 0.3 is 0 Å². The molecular weight excluding hydrogens is 204 g/mol. The van der Waals surface area contributed by atoms with Crippen LogP contribution >= 0.6 is 12.4 Å². The van der Waals surface area contributed by atoms with Crippen LogP contribution < -0.4 is 10.6 Å². The van der Waals surface area contributed by atoms with Crippen molar-refractivity contribution in [2.75, 3.05) is 19.7 Å². The average Bonchev–Trinajstić information content (AvgIpc) is 2.61. The van der Waals surface area contributed by atoms with E-state index in [9.17, 15) is 4.79 Å². The van der Waals surface area contributed by atoms with Gasteiger partial charge in [-0.15, -0.1) is 12.4 Å². The van der Waals surface area contributed by atoms with Crippen LogP contribution in [-0.2, 0) is 4.79 Å². The van der Waals surface area contributed by atoms with E-state index in [1.54, 1.807) is 0 Å². The molecule has 3 N–H and O–H groups in total. The number of piperidine rings is 1. The lowest BCUT2D eigenvalue weighted by Gasteiger charge is -2.11. The number of hydrogen-bond donors (Lipinski definition) is 3. The molecule has 2 aliphatic rings. The predicted molar refractivity (Wildman–Crippen MR) is 55.3 cm³/mol. The number of rotatable bonds is 3. The third-order valence-electron chi connectivity index (χ3n) is 3.06. The van der Waals surface area contributed by atoms with Gasteiger partial charge in [-0.3, -0.25) is 4.79 Å². The number of amides is 1. The molecule has 1 amide bonds. The summed E-state index contributed by atoms with van der Waals surface area (Å²) in [4.78, 5) is 11.5. The highest BCUT2D eigenvalue weighted by molar-refractivity contribution is 5.85. The van der Waals surface area contributed by atoms with Crippen LogP contribution in [0.2, 0.25) is 0 Å². The van der Waals surface area contributed by atoms with Crippen LogP contribution in [0.25, 0.3) is 0 Å². The fourth-order valence-corrected chi connectivity index (χ4v) is 2.19. The normalized spacial score (nSPS) is 35.4. The van der Waals surface area contributed by atoms with Gasteiger partial charge in [-0.2, -0.15) is 0 Å². The van der Waals surface area contributed by atoms with Gasteiger partial charge in [0.05, 0.1) is 6.61 Å². The maximum Gasteiger partial charge on any atom is 0.224 e. The maximum atomic E-state index is 11.5. The van der Waals surface area contributed by atoms with Crippen molar-refractivity contribution in [2.24, 2.45) is 17.8 Å². The van der Waals surface area contributed by atoms with Crippen molar-refractivity contribution in [1.82, 2.24) is 10.6 Å². The second-order valence-electron chi connectivity index (χ2n) is 4.10. The molecular formula is C9H17ClN2O2. The van der Waals surface area contributed by atoms with Crippen LogP contribution in [0.3, 0.4) is 0 Å². The van der Waals surface area contributed by atoms with Crippen LogP contribution in [0.5, 0.6) is 0 Å². The molecule has 0 bridgehead atoms. The molecule has 1 saturated heterocycles. The molecule has 2 rings (SSSR count). The van der Waals surface area contributed by atoms with Crippen LogP contribution in [0.15, 0.2) is 0 Å². The topological polar surface area (TPSA) is 61.4 Å². The van der Waals surface area contributed by atoms with Crippen molar-refractivity contribution in [3.8, 4) is 0 Å². The van der Waals surface area contributed by atoms with Crippen molar-refractivity contribution in [3.63, 3.8) is 0 Å².